The van der Waals surface area contributed by atoms with Crippen LogP contribution in [0.2, 0.25) is 0 Å². The van der Waals surface area contributed by atoms with E-state index in [4.69, 9.17) is 4.74 Å². The Balaban J connectivity index is 0.00000180. The Morgan fingerprint density at radius 2 is 1.85 bits per heavy atom. The van der Waals surface area contributed by atoms with Crippen LogP contribution in [0.5, 0.6) is 5.75 Å². The first-order chi connectivity index (χ1) is 8.57. The maximum Gasteiger partial charge on any atom is -1.00 e. The second-order valence-corrected chi connectivity index (χ2v) is 6.00. The fourth-order valence-electron chi connectivity index (χ4n) is 2.50. The van der Waals surface area contributed by atoms with Crippen molar-refractivity contribution in [1.29, 1.82) is 0 Å². The van der Waals surface area contributed by atoms with Gasteiger partial charge in [0, 0.05) is 0 Å². The van der Waals surface area contributed by atoms with Gasteiger partial charge in [-0.1, -0.05) is 0 Å². The van der Waals surface area contributed by atoms with Crippen LogP contribution in [-0.4, -0.2) is 6.61 Å². The van der Waals surface area contributed by atoms with Crippen LogP contribution in [0.25, 0.3) is 0 Å². The molecule has 0 unspecified atom stereocenters. The molecule has 0 N–H and O–H groups in total. The molecule has 0 atom stereocenters. The molecule has 0 bridgehead atoms. The molecule has 0 radical (unpaired) electrons. The molecular weight excluding hydrogens is 327 g/mol. The molecule has 20 heavy (non-hydrogen) atoms. The Kier molecular flexibility index (Phi) is 8.20. The Labute approximate surface area is 146 Å². The Morgan fingerprint density at radius 1 is 1.20 bits per heavy atom. The number of benzene rings is 1. The summed E-state index contributed by atoms with van der Waals surface area (Å²) in [7, 11) is 0. The zero-order valence-corrected chi connectivity index (χ0v) is 15.1. The van der Waals surface area contributed by atoms with Crippen LogP contribution in [0.4, 0.5) is 0 Å². The van der Waals surface area contributed by atoms with Gasteiger partial charge in [-0.25, -0.2) is 0 Å². The van der Waals surface area contributed by atoms with E-state index in [1.165, 1.54) is 15.0 Å². The van der Waals surface area contributed by atoms with Crippen molar-refractivity contribution in [2.24, 2.45) is 0 Å². The Hall–Kier alpha value is -0.206. The number of para-hydroxylation sites is 1. The van der Waals surface area contributed by atoms with Crippen molar-refractivity contribution in [2.75, 3.05) is 6.61 Å². The number of rotatable bonds is 4. The maximum absolute atomic E-state index is 5.77. The number of allylic oxidation sites excluding steroid dienone is 4. The van der Waals surface area contributed by atoms with Gasteiger partial charge in [0.1, 0.15) is 0 Å². The summed E-state index contributed by atoms with van der Waals surface area (Å²) in [5.41, 5.74) is 2.70. The minimum absolute atomic E-state index is 0. The molecule has 0 saturated carbocycles. The first-order valence-electron chi connectivity index (χ1n) is 6.41. The smallest absolute Gasteiger partial charge is 1.00 e. The molecule has 4 heteroatoms. The fourth-order valence-corrected chi connectivity index (χ4v) is 3.30. The second-order valence-electron chi connectivity index (χ2n) is 5.05. The van der Waals surface area contributed by atoms with Gasteiger partial charge in [-0.15, -0.1) is 0 Å². The molecule has 0 aliphatic heterocycles. The summed E-state index contributed by atoms with van der Waals surface area (Å²) in [6.45, 7) is 7.30. The van der Waals surface area contributed by atoms with E-state index in [1.807, 2.05) is 13.0 Å². The predicted molar refractivity (Wildman–Crippen MR) is 71.4 cm³/mol. The van der Waals surface area contributed by atoms with Crippen molar-refractivity contribution < 1.29 is 50.0 Å². The van der Waals surface area contributed by atoms with Gasteiger partial charge in [-0.2, -0.15) is 0 Å². The van der Waals surface area contributed by atoms with Crippen LogP contribution >= 0.6 is 0 Å². The number of hydrogen-bond acceptors (Lipinski definition) is 1. The molecule has 2 rings (SSSR count). The normalized spacial score (nSPS) is 13.8. The molecule has 0 heterocycles. The molecule has 0 spiro atoms. The molecule has 107 valence electrons. The molecule has 0 amide bonds. The van der Waals surface area contributed by atoms with Gasteiger partial charge in [0.25, 0.3) is 0 Å². The second kappa shape index (κ2) is 8.29. The van der Waals surface area contributed by atoms with Crippen LogP contribution < -0.4 is 29.6 Å². The Morgan fingerprint density at radius 3 is 2.40 bits per heavy atom. The van der Waals surface area contributed by atoms with Gasteiger partial charge < -0.3 is 24.8 Å². The molecule has 1 nitrogen and oxygen atoms in total. The maximum atomic E-state index is 5.77. The minimum Gasteiger partial charge on any atom is -1.00 e. The van der Waals surface area contributed by atoms with Crippen LogP contribution in [0, 0.1) is 0 Å². The van der Waals surface area contributed by atoms with Crippen LogP contribution in [0.15, 0.2) is 45.9 Å². The van der Waals surface area contributed by atoms with Gasteiger partial charge in [-0.3, -0.25) is 0 Å². The summed E-state index contributed by atoms with van der Waals surface area (Å²) in [5, 5.41) is 0. The van der Waals surface area contributed by atoms with Crippen LogP contribution in [-0.2, 0) is 25.9 Å². The first kappa shape index (κ1) is 19.8. The van der Waals surface area contributed by atoms with Crippen molar-refractivity contribution in [3.05, 3.63) is 51.4 Å². The van der Waals surface area contributed by atoms with E-state index in [2.05, 4.69) is 64.6 Å². The van der Waals surface area contributed by atoms with Crippen molar-refractivity contribution in [1.82, 2.24) is 0 Å². The zero-order chi connectivity index (χ0) is 13.2. The van der Waals surface area contributed by atoms with Gasteiger partial charge in [0.15, 0.2) is 0 Å². The quantitative estimate of drug-likeness (QED) is 0.581. The van der Waals surface area contributed by atoms with Crippen molar-refractivity contribution in [2.45, 2.75) is 32.6 Å². The van der Waals surface area contributed by atoms with E-state index in [0.29, 0.717) is 6.61 Å². The largest absolute Gasteiger partial charge is 1.00 e. The zero-order valence-electron chi connectivity index (χ0n) is 12.0. The fraction of sp³-hybridized carbons (Fsp3) is 0.375. The monoisotopic (exact) mass is 345 g/mol. The summed E-state index contributed by atoms with van der Waals surface area (Å²) in [6.07, 6.45) is 5.59. The van der Waals surface area contributed by atoms with Crippen molar-refractivity contribution in [3.8, 4) is 5.75 Å². The van der Waals surface area contributed by atoms with E-state index in [0.717, 1.165) is 12.2 Å². The first-order valence-corrected chi connectivity index (χ1v) is 7.19. The minimum atomic E-state index is 0. The number of hydrogen-bond donors (Lipinski definition) is 0. The molecule has 0 aromatic heterocycles. The molecule has 0 saturated heterocycles. The van der Waals surface area contributed by atoms with Crippen LogP contribution in [0.1, 0.15) is 32.8 Å². The van der Waals surface area contributed by atoms with E-state index in [9.17, 15) is 0 Å². The van der Waals surface area contributed by atoms with Crippen molar-refractivity contribution in [3.63, 3.8) is 0 Å². The van der Waals surface area contributed by atoms with Gasteiger partial charge >= 0.3 is 122 Å². The van der Waals surface area contributed by atoms with Crippen LogP contribution in [0.3, 0.4) is 0 Å². The molecular formula is C16H19Cl2OTi. The van der Waals surface area contributed by atoms with E-state index in [1.54, 1.807) is 0 Å². The summed E-state index contributed by atoms with van der Waals surface area (Å²) in [6, 6.07) is 8.37. The summed E-state index contributed by atoms with van der Waals surface area (Å²) < 4.78 is 7.24. The number of halogens is 2. The molecule has 1 aromatic rings. The molecule has 1 aromatic carbocycles. The average Bonchev–Trinajstić information content (AvgIpc) is 2.77. The molecule has 0 fully saturated rings. The molecule has 1 aliphatic carbocycles. The summed E-state index contributed by atoms with van der Waals surface area (Å²) >= 11 is 2.22. The predicted octanol–water partition coefficient (Wildman–Crippen LogP) is -1.87. The Bertz CT molecular complexity index is 507. The third kappa shape index (κ3) is 3.92. The summed E-state index contributed by atoms with van der Waals surface area (Å²) in [4.78, 5) is 0. The average molecular weight is 346 g/mol. The summed E-state index contributed by atoms with van der Waals surface area (Å²) in [5.74, 6) is 1.01. The third-order valence-corrected chi connectivity index (χ3v) is 4.20. The standard InChI is InChI=1S/C16H19O.2ClH.Ti/c1-4-17-15-12-8-7-11-14(15)16(2,3)13-9-5-6-10-13;;;/h5,7-9,11-12H,4,6H2,1-3H3;2*1H;/q;;;+2/p-2. The van der Waals surface area contributed by atoms with Gasteiger partial charge in [0.05, 0.1) is 0 Å². The third-order valence-electron chi connectivity index (χ3n) is 3.47. The number of ether oxygens (including phenoxy) is 1. The van der Waals surface area contributed by atoms with Gasteiger partial charge in [-0.05, 0) is 0 Å². The molecule has 1 aliphatic rings. The SMILES string of the molecule is CCOc1ccccc1C(C)(C)C1=[C]([Ti+2])CC=C1.[Cl-].[Cl-]. The van der Waals surface area contributed by atoms with E-state index in [-0.39, 0.29) is 30.2 Å². The van der Waals surface area contributed by atoms with E-state index >= 15 is 0 Å². The van der Waals surface area contributed by atoms with Gasteiger partial charge in [0.2, 0.25) is 0 Å². The van der Waals surface area contributed by atoms with E-state index < -0.39 is 0 Å². The van der Waals surface area contributed by atoms with Crippen molar-refractivity contribution >= 4 is 0 Å². The topological polar surface area (TPSA) is 9.23 Å².